The van der Waals surface area contributed by atoms with Crippen LogP contribution in [0.25, 0.3) is 22.4 Å². The third-order valence-corrected chi connectivity index (χ3v) is 5.65. The van der Waals surface area contributed by atoms with Crippen molar-refractivity contribution in [3.05, 3.63) is 53.0 Å². The maximum atomic E-state index is 5.26. The van der Waals surface area contributed by atoms with Crippen LogP contribution in [0.3, 0.4) is 0 Å². The van der Waals surface area contributed by atoms with Crippen molar-refractivity contribution in [3.8, 4) is 5.75 Å². The fourth-order valence-corrected chi connectivity index (χ4v) is 4.09. The Morgan fingerprint density at radius 1 is 1.00 bits per heavy atom. The molecular formula is C21H22N2OS. The SMILES string of the molecule is COc1ccc2sc(C=Cc3ccc(N4CCCCC4)cc3)nc2c1. The highest BCUT2D eigenvalue weighted by atomic mass is 32.1. The molecule has 1 saturated heterocycles. The van der Waals surface area contributed by atoms with Crippen molar-refractivity contribution in [1.29, 1.82) is 0 Å². The molecular weight excluding hydrogens is 328 g/mol. The van der Waals surface area contributed by atoms with Crippen molar-refractivity contribution < 1.29 is 4.74 Å². The van der Waals surface area contributed by atoms with Crippen LogP contribution in [0.2, 0.25) is 0 Å². The molecule has 0 N–H and O–H groups in total. The Balaban J connectivity index is 1.49. The summed E-state index contributed by atoms with van der Waals surface area (Å²) >= 11 is 1.70. The van der Waals surface area contributed by atoms with Crippen LogP contribution in [0.1, 0.15) is 29.8 Å². The number of hydrogen-bond acceptors (Lipinski definition) is 4. The molecule has 4 rings (SSSR count). The second-order valence-corrected chi connectivity index (χ2v) is 7.42. The van der Waals surface area contributed by atoms with Gasteiger partial charge < -0.3 is 9.64 Å². The second kappa shape index (κ2) is 7.28. The van der Waals surface area contributed by atoms with Gasteiger partial charge in [-0.15, -0.1) is 11.3 Å². The van der Waals surface area contributed by atoms with Crippen LogP contribution in [0.4, 0.5) is 5.69 Å². The topological polar surface area (TPSA) is 25.4 Å². The first-order chi connectivity index (χ1) is 12.3. The zero-order valence-electron chi connectivity index (χ0n) is 14.4. The number of rotatable bonds is 4. The maximum Gasteiger partial charge on any atom is 0.121 e. The van der Waals surface area contributed by atoms with Crippen molar-refractivity contribution >= 4 is 39.4 Å². The summed E-state index contributed by atoms with van der Waals surface area (Å²) in [5, 5.41) is 1.02. The number of anilines is 1. The number of thiazole rings is 1. The first kappa shape index (κ1) is 16.2. The molecule has 1 aliphatic rings. The number of benzene rings is 2. The molecule has 3 nitrogen and oxygen atoms in total. The predicted molar refractivity (Wildman–Crippen MR) is 108 cm³/mol. The summed E-state index contributed by atoms with van der Waals surface area (Å²) < 4.78 is 6.45. The van der Waals surface area contributed by atoms with Crippen LogP contribution in [-0.2, 0) is 0 Å². The molecule has 3 aromatic rings. The quantitative estimate of drug-likeness (QED) is 0.624. The average molecular weight is 350 g/mol. The molecule has 2 aromatic carbocycles. The monoisotopic (exact) mass is 350 g/mol. The van der Waals surface area contributed by atoms with Crippen LogP contribution in [0.5, 0.6) is 5.75 Å². The van der Waals surface area contributed by atoms with Gasteiger partial charge in [-0.25, -0.2) is 4.98 Å². The second-order valence-electron chi connectivity index (χ2n) is 6.36. The van der Waals surface area contributed by atoms with Gasteiger partial charge >= 0.3 is 0 Å². The van der Waals surface area contributed by atoms with E-state index in [1.54, 1.807) is 18.4 Å². The van der Waals surface area contributed by atoms with Crippen LogP contribution in [0, 0.1) is 0 Å². The molecule has 0 spiro atoms. The summed E-state index contributed by atoms with van der Waals surface area (Å²) in [6, 6.07) is 14.9. The number of fused-ring (bicyclic) bond motifs is 1. The molecule has 0 saturated carbocycles. The van der Waals surface area contributed by atoms with Gasteiger partial charge in [0.15, 0.2) is 0 Å². The highest BCUT2D eigenvalue weighted by molar-refractivity contribution is 7.19. The van der Waals surface area contributed by atoms with Crippen molar-refractivity contribution in [3.63, 3.8) is 0 Å². The fourth-order valence-electron chi connectivity index (χ4n) is 3.24. The standard InChI is InChI=1S/C21H22N2OS/c1-24-18-10-11-20-19(15-18)22-21(25-20)12-7-16-5-8-17(9-6-16)23-13-3-2-4-14-23/h5-12,15H,2-4,13-14H2,1H3. The van der Waals surface area contributed by atoms with E-state index >= 15 is 0 Å². The minimum Gasteiger partial charge on any atom is -0.497 e. The summed E-state index contributed by atoms with van der Waals surface area (Å²) in [7, 11) is 1.68. The van der Waals surface area contributed by atoms with Gasteiger partial charge in [0.05, 0.1) is 17.3 Å². The van der Waals surface area contributed by atoms with Gasteiger partial charge in [0, 0.05) is 24.8 Å². The van der Waals surface area contributed by atoms with Gasteiger partial charge in [0.1, 0.15) is 10.8 Å². The van der Waals surface area contributed by atoms with Crippen molar-refractivity contribution in [2.75, 3.05) is 25.1 Å². The maximum absolute atomic E-state index is 5.26. The molecule has 1 aromatic heterocycles. The summed E-state index contributed by atoms with van der Waals surface area (Å²) in [4.78, 5) is 7.15. The lowest BCUT2D eigenvalue weighted by Crippen LogP contribution is -2.29. The van der Waals surface area contributed by atoms with E-state index in [1.807, 2.05) is 12.1 Å². The number of ether oxygens (including phenoxy) is 1. The van der Waals surface area contributed by atoms with Gasteiger partial charge in [-0.1, -0.05) is 18.2 Å². The van der Waals surface area contributed by atoms with E-state index in [4.69, 9.17) is 4.74 Å². The van der Waals surface area contributed by atoms with Crippen molar-refractivity contribution in [1.82, 2.24) is 4.98 Å². The lowest BCUT2D eigenvalue weighted by molar-refractivity contribution is 0.415. The fraction of sp³-hybridized carbons (Fsp3) is 0.286. The average Bonchev–Trinajstić information content (AvgIpc) is 3.09. The summed E-state index contributed by atoms with van der Waals surface area (Å²) in [6.07, 6.45) is 8.21. The lowest BCUT2D eigenvalue weighted by Gasteiger charge is -2.28. The van der Waals surface area contributed by atoms with Crippen molar-refractivity contribution in [2.24, 2.45) is 0 Å². The van der Waals surface area contributed by atoms with E-state index in [2.05, 4.69) is 52.4 Å². The lowest BCUT2D eigenvalue weighted by atomic mass is 10.1. The van der Waals surface area contributed by atoms with Crippen LogP contribution in [-0.4, -0.2) is 25.2 Å². The molecule has 0 aliphatic carbocycles. The normalized spacial score (nSPS) is 15.2. The molecule has 0 bridgehead atoms. The van der Waals surface area contributed by atoms with E-state index in [0.717, 1.165) is 16.3 Å². The third-order valence-electron chi connectivity index (χ3n) is 4.64. The molecule has 0 amide bonds. The smallest absolute Gasteiger partial charge is 0.121 e. The molecule has 0 radical (unpaired) electrons. The zero-order valence-corrected chi connectivity index (χ0v) is 15.3. The molecule has 0 atom stereocenters. The van der Waals surface area contributed by atoms with E-state index in [-0.39, 0.29) is 0 Å². The van der Waals surface area contributed by atoms with Crippen LogP contribution in [0.15, 0.2) is 42.5 Å². The van der Waals surface area contributed by atoms with Crippen LogP contribution < -0.4 is 9.64 Å². The first-order valence-corrected chi connectivity index (χ1v) is 9.61. The van der Waals surface area contributed by atoms with E-state index in [1.165, 1.54) is 48.3 Å². The Kier molecular flexibility index (Phi) is 4.70. The van der Waals surface area contributed by atoms with Gasteiger partial charge in [-0.05, 0) is 55.2 Å². The molecule has 2 heterocycles. The van der Waals surface area contributed by atoms with Gasteiger partial charge in [0.25, 0.3) is 0 Å². The zero-order chi connectivity index (χ0) is 17.1. The Hall–Kier alpha value is -2.33. The number of methoxy groups -OCH3 is 1. The highest BCUT2D eigenvalue weighted by Gasteiger charge is 2.10. The van der Waals surface area contributed by atoms with Gasteiger partial charge in [-0.3, -0.25) is 0 Å². The molecule has 0 unspecified atom stereocenters. The van der Waals surface area contributed by atoms with Gasteiger partial charge in [0.2, 0.25) is 0 Å². The largest absolute Gasteiger partial charge is 0.497 e. The first-order valence-electron chi connectivity index (χ1n) is 8.79. The Morgan fingerprint density at radius 3 is 2.56 bits per heavy atom. The molecule has 25 heavy (non-hydrogen) atoms. The molecule has 1 fully saturated rings. The third kappa shape index (κ3) is 3.69. The Bertz CT molecular complexity index is 877. The highest BCUT2D eigenvalue weighted by Crippen LogP contribution is 2.27. The summed E-state index contributed by atoms with van der Waals surface area (Å²) in [5.74, 6) is 0.849. The molecule has 4 heteroatoms. The Labute approximate surface area is 152 Å². The Morgan fingerprint density at radius 2 is 1.80 bits per heavy atom. The minimum absolute atomic E-state index is 0.849. The number of aromatic nitrogens is 1. The van der Waals surface area contributed by atoms with E-state index in [9.17, 15) is 0 Å². The van der Waals surface area contributed by atoms with Crippen LogP contribution >= 0.6 is 11.3 Å². The van der Waals surface area contributed by atoms with Crippen molar-refractivity contribution in [2.45, 2.75) is 19.3 Å². The predicted octanol–water partition coefficient (Wildman–Crippen LogP) is 5.47. The van der Waals surface area contributed by atoms with Gasteiger partial charge in [-0.2, -0.15) is 0 Å². The summed E-state index contributed by atoms with van der Waals surface area (Å²) in [6.45, 7) is 2.37. The summed E-state index contributed by atoms with van der Waals surface area (Å²) in [5.41, 5.74) is 3.53. The molecule has 128 valence electrons. The minimum atomic E-state index is 0.849. The number of hydrogen-bond donors (Lipinski definition) is 0. The van der Waals surface area contributed by atoms with E-state index < -0.39 is 0 Å². The van der Waals surface area contributed by atoms with E-state index in [0.29, 0.717) is 0 Å². The number of nitrogens with zero attached hydrogens (tertiary/aromatic N) is 2. The number of piperidine rings is 1. The molecule has 1 aliphatic heterocycles.